The zero-order valence-electron chi connectivity index (χ0n) is 14.1. The summed E-state index contributed by atoms with van der Waals surface area (Å²) in [4.78, 5) is 4.55. The van der Waals surface area contributed by atoms with E-state index in [1.54, 1.807) is 7.11 Å². The molecule has 2 rings (SSSR count). The van der Waals surface area contributed by atoms with E-state index >= 15 is 0 Å². The minimum Gasteiger partial charge on any atom is -0.489 e. The molecule has 0 amide bonds. The van der Waals surface area contributed by atoms with Gasteiger partial charge in [0.2, 0.25) is 0 Å². The fourth-order valence-corrected chi connectivity index (χ4v) is 2.45. The van der Waals surface area contributed by atoms with Gasteiger partial charge in [-0.05, 0) is 24.6 Å². The molecule has 8 heteroatoms. The molecule has 0 bridgehead atoms. The third-order valence-corrected chi connectivity index (χ3v) is 3.51. The summed E-state index contributed by atoms with van der Waals surface area (Å²) in [7, 11) is 1.67. The molecule has 0 spiro atoms. The summed E-state index contributed by atoms with van der Waals surface area (Å²) in [5, 5.41) is 6.96. The normalized spacial score (nSPS) is 13.7. The summed E-state index contributed by atoms with van der Waals surface area (Å²) < 4.78 is 16.4. The maximum atomic E-state index is 6.30. The lowest BCUT2D eigenvalue weighted by Crippen LogP contribution is -2.38. The minimum atomic E-state index is 0. The number of benzene rings is 1. The highest BCUT2D eigenvalue weighted by atomic mass is 127. The van der Waals surface area contributed by atoms with Gasteiger partial charge in [0.05, 0.1) is 31.4 Å². The monoisotopic (exact) mass is 469 g/mol. The van der Waals surface area contributed by atoms with Gasteiger partial charge in [0.15, 0.2) is 17.5 Å². The quantitative estimate of drug-likeness (QED) is 0.290. The van der Waals surface area contributed by atoms with Gasteiger partial charge in [-0.1, -0.05) is 11.6 Å². The highest BCUT2D eigenvalue weighted by Gasteiger charge is 2.15. The molecule has 1 aromatic rings. The van der Waals surface area contributed by atoms with Crippen molar-refractivity contribution in [2.45, 2.75) is 19.9 Å². The number of guanidine groups is 1. The number of ether oxygens (including phenoxy) is 3. The zero-order valence-corrected chi connectivity index (χ0v) is 17.1. The van der Waals surface area contributed by atoms with Crippen LogP contribution in [0.3, 0.4) is 0 Å². The summed E-state index contributed by atoms with van der Waals surface area (Å²) in [6, 6.07) is 3.81. The maximum Gasteiger partial charge on any atom is 0.191 e. The van der Waals surface area contributed by atoms with Gasteiger partial charge in [0.1, 0.15) is 0 Å². The van der Waals surface area contributed by atoms with Gasteiger partial charge in [-0.25, -0.2) is 4.99 Å². The molecule has 24 heavy (non-hydrogen) atoms. The first-order valence-electron chi connectivity index (χ1n) is 7.83. The molecule has 0 saturated heterocycles. The second kappa shape index (κ2) is 11.6. The summed E-state index contributed by atoms with van der Waals surface area (Å²) in [5.74, 6) is 2.06. The van der Waals surface area contributed by atoms with E-state index in [0.29, 0.717) is 49.4 Å². The lowest BCUT2D eigenvalue weighted by atomic mass is 10.2. The Kier molecular flexibility index (Phi) is 10.2. The highest BCUT2D eigenvalue weighted by Crippen LogP contribution is 2.38. The molecule has 0 aromatic heterocycles. The molecule has 6 nitrogen and oxygen atoms in total. The van der Waals surface area contributed by atoms with E-state index in [2.05, 4.69) is 15.6 Å². The second-order valence-corrected chi connectivity index (χ2v) is 5.48. The Balaban J connectivity index is 0.00000288. The van der Waals surface area contributed by atoms with E-state index in [1.165, 1.54) is 0 Å². The van der Waals surface area contributed by atoms with Gasteiger partial charge in [-0.15, -0.1) is 24.0 Å². The topological polar surface area (TPSA) is 64.1 Å². The lowest BCUT2D eigenvalue weighted by molar-refractivity contribution is 0.203. The fraction of sp³-hybridized carbons (Fsp3) is 0.562. The molecular formula is C16H25ClIN3O3. The van der Waals surface area contributed by atoms with Crippen LogP contribution < -0.4 is 20.1 Å². The van der Waals surface area contributed by atoms with E-state index in [0.717, 1.165) is 24.5 Å². The maximum absolute atomic E-state index is 6.30. The molecule has 1 aromatic carbocycles. The van der Waals surface area contributed by atoms with Crippen LogP contribution in [0.2, 0.25) is 5.02 Å². The van der Waals surface area contributed by atoms with Crippen LogP contribution >= 0.6 is 35.6 Å². The van der Waals surface area contributed by atoms with Crippen molar-refractivity contribution in [2.75, 3.05) is 40.0 Å². The molecule has 0 fully saturated rings. The highest BCUT2D eigenvalue weighted by molar-refractivity contribution is 14.0. The van der Waals surface area contributed by atoms with Crippen LogP contribution in [-0.2, 0) is 11.3 Å². The average Bonchev–Trinajstić information content (AvgIpc) is 2.78. The van der Waals surface area contributed by atoms with Crippen LogP contribution in [0.15, 0.2) is 17.1 Å². The molecule has 0 saturated carbocycles. The lowest BCUT2D eigenvalue weighted by Gasteiger charge is -2.12. The third-order valence-electron chi connectivity index (χ3n) is 3.22. The van der Waals surface area contributed by atoms with Gasteiger partial charge in [-0.2, -0.15) is 0 Å². The molecule has 0 radical (unpaired) electrons. The number of rotatable bonds is 6. The predicted octanol–water partition coefficient (Wildman–Crippen LogP) is 2.82. The molecule has 1 aliphatic rings. The molecule has 1 aliphatic heterocycles. The Morgan fingerprint density at radius 3 is 2.83 bits per heavy atom. The van der Waals surface area contributed by atoms with Crippen molar-refractivity contribution in [3.63, 3.8) is 0 Å². The minimum absolute atomic E-state index is 0. The van der Waals surface area contributed by atoms with Crippen LogP contribution in [0.1, 0.15) is 18.9 Å². The first-order valence-corrected chi connectivity index (χ1v) is 8.21. The van der Waals surface area contributed by atoms with Gasteiger partial charge < -0.3 is 24.8 Å². The van der Waals surface area contributed by atoms with Crippen LogP contribution in [0.5, 0.6) is 11.5 Å². The molecule has 1 heterocycles. The Labute approximate surface area is 165 Å². The average molecular weight is 470 g/mol. The predicted molar refractivity (Wildman–Crippen MR) is 107 cm³/mol. The first kappa shape index (κ1) is 21.1. The van der Waals surface area contributed by atoms with Crippen LogP contribution in [0.25, 0.3) is 0 Å². The number of aliphatic imine (C=N–C) groups is 1. The number of nitrogens with one attached hydrogen (secondary N) is 2. The number of nitrogens with zero attached hydrogens (tertiary/aromatic N) is 1. The van der Waals surface area contributed by atoms with Crippen LogP contribution in [0, 0.1) is 0 Å². The molecule has 0 unspecified atom stereocenters. The van der Waals surface area contributed by atoms with Crippen molar-refractivity contribution in [1.29, 1.82) is 0 Å². The largest absolute Gasteiger partial charge is 0.489 e. The van der Waals surface area contributed by atoms with E-state index in [4.69, 9.17) is 25.8 Å². The summed E-state index contributed by atoms with van der Waals surface area (Å²) in [5.41, 5.74) is 0.975. The van der Waals surface area contributed by atoms with Crippen LogP contribution in [0.4, 0.5) is 0 Å². The molecule has 136 valence electrons. The second-order valence-electron chi connectivity index (χ2n) is 5.07. The number of fused-ring (bicyclic) bond motifs is 1. The molecular weight excluding hydrogens is 445 g/mol. The number of hydrogen-bond acceptors (Lipinski definition) is 4. The van der Waals surface area contributed by atoms with E-state index in [-0.39, 0.29) is 24.0 Å². The Morgan fingerprint density at radius 1 is 1.29 bits per heavy atom. The van der Waals surface area contributed by atoms with Gasteiger partial charge in [-0.3, -0.25) is 0 Å². The van der Waals surface area contributed by atoms with Crippen molar-refractivity contribution < 1.29 is 14.2 Å². The molecule has 2 N–H and O–H groups in total. The summed E-state index contributed by atoms with van der Waals surface area (Å²) in [6.07, 6.45) is 0.854. The van der Waals surface area contributed by atoms with E-state index in [9.17, 15) is 0 Å². The zero-order chi connectivity index (χ0) is 16.5. The van der Waals surface area contributed by atoms with Crippen molar-refractivity contribution in [1.82, 2.24) is 10.6 Å². The van der Waals surface area contributed by atoms with Gasteiger partial charge >= 0.3 is 0 Å². The van der Waals surface area contributed by atoms with Crippen molar-refractivity contribution in [2.24, 2.45) is 4.99 Å². The SMILES string of the molecule is CCNC(=NCc1cc(Cl)c2c(c1)OCCCO2)NCCOC.I. The fourth-order valence-electron chi connectivity index (χ4n) is 2.16. The van der Waals surface area contributed by atoms with Crippen molar-refractivity contribution in [3.8, 4) is 11.5 Å². The van der Waals surface area contributed by atoms with Gasteiger partial charge in [0, 0.05) is 26.6 Å². The Bertz CT molecular complexity index is 544. The standard InChI is InChI=1S/C16H24ClN3O3.HI/c1-3-18-16(19-5-8-21-2)20-11-12-9-13(17)15-14(10-12)22-6-4-7-23-15;/h9-10H,3-8,11H2,1-2H3,(H2,18,19,20);1H. The smallest absolute Gasteiger partial charge is 0.191 e. The van der Waals surface area contributed by atoms with Crippen LogP contribution in [-0.4, -0.2) is 46.0 Å². The molecule has 0 aliphatic carbocycles. The third kappa shape index (κ3) is 6.52. The Morgan fingerprint density at radius 2 is 2.08 bits per heavy atom. The van der Waals surface area contributed by atoms with Crippen molar-refractivity contribution in [3.05, 3.63) is 22.7 Å². The van der Waals surface area contributed by atoms with E-state index < -0.39 is 0 Å². The Hall–Kier alpha value is -0.930. The summed E-state index contributed by atoms with van der Waals surface area (Å²) in [6.45, 7) is 5.90. The number of methoxy groups -OCH3 is 1. The van der Waals surface area contributed by atoms with Crippen molar-refractivity contribution >= 4 is 41.5 Å². The molecule has 0 atom stereocenters. The van der Waals surface area contributed by atoms with E-state index in [1.807, 2.05) is 19.1 Å². The number of halogens is 2. The first-order chi connectivity index (χ1) is 11.2. The number of hydrogen-bond donors (Lipinski definition) is 2. The van der Waals surface area contributed by atoms with Gasteiger partial charge in [0.25, 0.3) is 0 Å². The summed E-state index contributed by atoms with van der Waals surface area (Å²) >= 11 is 6.30.